The molecule has 0 fully saturated rings. The molecule has 1 atom stereocenters. The van der Waals surface area contributed by atoms with Gasteiger partial charge in [0, 0.05) is 12.6 Å². The first-order valence-corrected chi connectivity index (χ1v) is 5.38. The monoisotopic (exact) mass is 229 g/mol. The zero-order valence-electron chi connectivity index (χ0n) is 9.34. The third-order valence-corrected chi connectivity index (χ3v) is 2.38. The van der Waals surface area contributed by atoms with Gasteiger partial charge in [-0.25, -0.2) is 13.8 Å². The van der Waals surface area contributed by atoms with Crippen LogP contribution in [-0.4, -0.2) is 18.1 Å². The molecule has 16 heavy (non-hydrogen) atoms. The summed E-state index contributed by atoms with van der Waals surface area (Å²) in [7, 11) is 0. The Balaban J connectivity index is 2.32. The number of hydrogen-bond donors (Lipinski definition) is 2. The van der Waals surface area contributed by atoms with Crippen LogP contribution in [0.1, 0.15) is 19.8 Å². The second-order valence-electron chi connectivity index (χ2n) is 3.89. The summed E-state index contributed by atoms with van der Waals surface area (Å²) in [5, 5.41) is 2.83. The molecule has 1 aromatic rings. The highest BCUT2D eigenvalue weighted by atomic mass is 19.1. The molecule has 0 aliphatic rings. The Labute approximate surface area is 94.1 Å². The van der Waals surface area contributed by atoms with Gasteiger partial charge in [-0.1, -0.05) is 6.92 Å². The molecule has 0 spiro atoms. The number of nitrogens with one attached hydrogen (secondary N) is 1. The van der Waals surface area contributed by atoms with Gasteiger partial charge >= 0.3 is 0 Å². The first kappa shape index (κ1) is 12.8. The fourth-order valence-corrected chi connectivity index (χ4v) is 1.32. The molecule has 0 aliphatic carbocycles. The van der Waals surface area contributed by atoms with Gasteiger partial charge in [0.05, 0.1) is 6.20 Å². The number of nitrogens with two attached hydrogens (primary N) is 1. The quantitative estimate of drug-likeness (QED) is 0.735. The number of anilines is 1. The maximum absolute atomic E-state index is 13.1. The summed E-state index contributed by atoms with van der Waals surface area (Å²) in [4.78, 5) is 3.63. The van der Waals surface area contributed by atoms with Crippen molar-refractivity contribution in [3.05, 3.63) is 23.9 Å². The highest BCUT2D eigenvalue weighted by Crippen LogP contribution is 2.11. The van der Waals surface area contributed by atoms with Crippen molar-refractivity contribution >= 4 is 5.82 Å². The van der Waals surface area contributed by atoms with E-state index in [1.165, 1.54) is 0 Å². The van der Waals surface area contributed by atoms with Crippen LogP contribution >= 0.6 is 0 Å². The molecule has 0 amide bonds. The maximum Gasteiger partial charge on any atom is 0.168 e. The number of rotatable bonds is 6. The molecule has 0 saturated heterocycles. The van der Waals surface area contributed by atoms with E-state index < -0.39 is 11.6 Å². The van der Waals surface area contributed by atoms with E-state index in [9.17, 15) is 8.78 Å². The highest BCUT2D eigenvalue weighted by molar-refractivity contribution is 5.35. The van der Waals surface area contributed by atoms with Crippen LogP contribution in [-0.2, 0) is 0 Å². The molecule has 1 rings (SSSR count). The van der Waals surface area contributed by atoms with Gasteiger partial charge in [-0.05, 0) is 25.3 Å². The predicted molar refractivity (Wildman–Crippen MR) is 60.1 cm³/mol. The Morgan fingerprint density at radius 1 is 1.50 bits per heavy atom. The zero-order valence-corrected chi connectivity index (χ0v) is 9.34. The standard InChI is InChI=1S/C11H17F2N3/c1-8(6-14)3-2-4-15-11-10(13)5-9(12)7-16-11/h5,7-8H,2-4,6,14H2,1H3,(H,15,16). The minimum atomic E-state index is -0.667. The number of hydrogen-bond acceptors (Lipinski definition) is 3. The van der Waals surface area contributed by atoms with E-state index in [4.69, 9.17) is 5.73 Å². The minimum Gasteiger partial charge on any atom is -0.368 e. The molecule has 90 valence electrons. The molecule has 1 aromatic heterocycles. The van der Waals surface area contributed by atoms with Gasteiger partial charge in [0.25, 0.3) is 0 Å². The predicted octanol–water partition coefficient (Wildman–Crippen LogP) is 2.15. The molecule has 1 heterocycles. The van der Waals surface area contributed by atoms with Gasteiger partial charge in [0.1, 0.15) is 5.82 Å². The van der Waals surface area contributed by atoms with E-state index >= 15 is 0 Å². The maximum atomic E-state index is 13.1. The summed E-state index contributed by atoms with van der Waals surface area (Å²) < 4.78 is 25.7. The van der Waals surface area contributed by atoms with E-state index in [-0.39, 0.29) is 5.82 Å². The first-order chi connectivity index (χ1) is 7.63. The largest absolute Gasteiger partial charge is 0.368 e. The Morgan fingerprint density at radius 2 is 2.25 bits per heavy atom. The molecule has 0 bridgehead atoms. The summed E-state index contributed by atoms with van der Waals surface area (Å²) in [6, 6.07) is 0.817. The van der Waals surface area contributed by atoms with Crippen LogP contribution in [0.3, 0.4) is 0 Å². The normalized spacial score (nSPS) is 12.5. The average molecular weight is 229 g/mol. The molecule has 0 aliphatic heterocycles. The number of aromatic nitrogens is 1. The molecule has 1 unspecified atom stereocenters. The van der Waals surface area contributed by atoms with Crippen LogP contribution in [0.15, 0.2) is 12.3 Å². The first-order valence-electron chi connectivity index (χ1n) is 5.38. The van der Waals surface area contributed by atoms with Gasteiger partial charge in [-0.15, -0.1) is 0 Å². The van der Waals surface area contributed by atoms with Gasteiger partial charge in [-0.3, -0.25) is 0 Å². The van der Waals surface area contributed by atoms with Crippen molar-refractivity contribution in [1.82, 2.24) is 4.98 Å². The molecular formula is C11H17F2N3. The van der Waals surface area contributed by atoms with Crippen molar-refractivity contribution in [3.63, 3.8) is 0 Å². The van der Waals surface area contributed by atoms with E-state index in [1.807, 2.05) is 0 Å². The summed E-state index contributed by atoms with van der Waals surface area (Å²) in [5.74, 6) is -0.763. The van der Waals surface area contributed by atoms with Crippen LogP contribution in [0, 0.1) is 17.6 Å². The second kappa shape index (κ2) is 6.37. The Morgan fingerprint density at radius 3 is 2.88 bits per heavy atom. The van der Waals surface area contributed by atoms with Crippen LogP contribution in [0.25, 0.3) is 0 Å². The van der Waals surface area contributed by atoms with Crippen molar-refractivity contribution in [2.24, 2.45) is 11.7 Å². The number of nitrogens with zero attached hydrogens (tertiary/aromatic N) is 1. The van der Waals surface area contributed by atoms with Gasteiger partial charge < -0.3 is 11.1 Å². The molecule has 3 N–H and O–H groups in total. The zero-order chi connectivity index (χ0) is 12.0. The van der Waals surface area contributed by atoms with Crippen LogP contribution in [0.5, 0.6) is 0 Å². The lowest BCUT2D eigenvalue weighted by molar-refractivity contribution is 0.527. The second-order valence-corrected chi connectivity index (χ2v) is 3.89. The van der Waals surface area contributed by atoms with Crippen molar-refractivity contribution in [2.75, 3.05) is 18.4 Å². The SMILES string of the molecule is CC(CN)CCCNc1ncc(F)cc1F. The lowest BCUT2D eigenvalue weighted by Gasteiger charge is -2.09. The van der Waals surface area contributed by atoms with Gasteiger partial charge in [-0.2, -0.15) is 0 Å². The summed E-state index contributed by atoms with van der Waals surface area (Å²) >= 11 is 0. The smallest absolute Gasteiger partial charge is 0.168 e. The lowest BCUT2D eigenvalue weighted by Crippen LogP contribution is -2.13. The molecular weight excluding hydrogens is 212 g/mol. The number of pyridine rings is 1. The van der Waals surface area contributed by atoms with Crippen molar-refractivity contribution < 1.29 is 8.78 Å². The van der Waals surface area contributed by atoms with E-state index in [1.54, 1.807) is 0 Å². The Hall–Kier alpha value is -1.23. The third-order valence-electron chi connectivity index (χ3n) is 2.38. The van der Waals surface area contributed by atoms with Crippen molar-refractivity contribution in [1.29, 1.82) is 0 Å². The molecule has 0 aromatic carbocycles. The fraction of sp³-hybridized carbons (Fsp3) is 0.545. The third kappa shape index (κ3) is 4.10. The van der Waals surface area contributed by atoms with Crippen LogP contribution < -0.4 is 11.1 Å². The summed E-state index contributed by atoms with van der Waals surface area (Å²) in [5.41, 5.74) is 5.47. The molecule has 5 heteroatoms. The minimum absolute atomic E-state index is 0.0989. The van der Waals surface area contributed by atoms with Crippen molar-refractivity contribution in [3.8, 4) is 0 Å². The molecule has 3 nitrogen and oxygen atoms in total. The van der Waals surface area contributed by atoms with E-state index in [2.05, 4.69) is 17.2 Å². The highest BCUT2D eigenvalue weighted by Gasteiger charge is 2.04. The Bertz CT molecular complexity index is 331. The number of halogens is 2. The van der Waals surface area contributed by atoms with E-state index in [0.717, 1.165) is 25.1 Å². The Kier molecular flexibility index (Phi) is 5.11. The summed E-state index contributed by atoms with van der Waals surface area (Å²) in [6.07, 6.45) is 2.86. The average Bonchev–Trinajstić information content (AvgIpc) is 2.26. The van der Waals surface area contributed by atoms with Crippen LogP contribution in [0.2, 0.25) is 0 Å². The topological polar surface area (TPSA) is 50.9 Å². The molecule has 0 radical (unpaired) electrons. The van der Waals surface area contributed by atoms with Crippen LogP contribution in [0.4, 0.5) is 14.6 Å². The molecule has 0 saturated carbocycles. The van der Waals surface area contributed by atoms with Crippen molar-refractivity contribution in [2.45, 2.75) is 19.8 Å². The van der Waals surface area contributed by atoms with Gasteiger partial charge in [0.15, 0.2) is 11.6 Å². The van der Waals surface area contributed by atoms with E-state index in [0.29, 0.717) is 19.0 Å². The lowest BCUT2D eigenvalue weighted by atomic mass is 10.1. The van der Waals surface area contributed by atoms with Gasteiger partial charge in [0.2, 0.25) is 0 Å². The fourth-order valence-electron chi connectivity index (χ4n) is 1.32. The summed E-state index contributed by atoms with van der Waals surface area (Å²) in [6.45, 7) is 3.33.